The van der Waals surface area contributed by atoms with Crippen molar-refractivity contribution in [3.63, 3.8) is 0 Å². The Kier molecular flexibility index (Phi) is 4.36. The van der Waals surface area contributed by atoms with Crippen LogP contribution in [0.3, 0.4) is 0 Å². The molecule has 0 unspecified atom stereocenters. The summed E-state index contributed by atoms with van der Waals surface area (Å²) in [6.45, 7) is 5.07. The maximum atomic E-state index is 12.9. The highest BCUT2D eigenvalue weighted by Crippen LogP contribution is 2.61. The van der Waals surface area contributed by atoms with E-state index in [1.807, 2.05) is 6.07 Å². The zero-order valence-electron chi connectivity index (χ0n) is 16.1. The van der Waals surface area contributed by atoms with E-state index in [0.29, 0.717) is 35.5 Å². The van der Waals surface area contributed by atoms with E-state index < -0.39 is 0 Å². The molecule has 3 aliphatic rings. The van der Waals surface area contributed by atoms with Gasteiger partial charge in [-0.3, -0.25) is 14.4 Å². The summed E-state index contributed by atoms with van der Waals surface area (Å²) in [4.78, 5) is 35.6. The van der Waals surface area contributed by atoms with Gasteiger partial charge in [-0.1, -0.05) is 13.0 Å². The summed E-state index contributed by atoms with van der Waals surface area (Å²) in [5.41, 5.74) is 1.75. The number of hydrogen-bond acceptors (Lipinski definition) is 5. The first-order chi connectivity index (χ1) is 12.8. The molecule has 5 atom stereocenters. The molecule has 2 fully saturated rings. The second kappa shape index (κ2) is 6.47. The molecule has 0 amide bonds. The Bertz CT molecular complexity index is 813. The Morgan fingerprint density at radius 1 is 1.11 bits per heavy atom. The van der Waals surface area contributed by atoms with Crippen molar-refractivity contribution in [2.45, 2.75) is 64.9 Å². The highest BCUT2D eigenvalue weighted by Gasteiger charge is 2.57. The molecule has 5 heteroatoms. The molecular weight excluding hydrogens is 344 g/mol. The maximum absolute atomic E-state index is 12.9. The van der Waals surface area contributed by atoms with Crippen LogP contribution in [0.5, 0.6) is 5.75 Å². The lowest BCUT2D eigenvalue weighted by Crippen LogP contribution is -2.45. The predicted octanol–water partition coefficient (Wildman–Crippen LogP) is 4.04. The van der Waals surface area contributed by atoms with Gasteiger partial charge >= 0.3 is 11.9 Å². The van der Waals surface area contributed by atoms with Crippen LogP contribution in [0.1, 0.15) is 74.7 Å². The van der Waals surface area contributed by atoms with Crippen LogP contribution in [0.2, 0.25) is 0 Å². The topological polar surface area (TPSA) is 69.7 Å². The van der Waals surface area contributed by atoms with Crippen molar-refractivity contribution in [3.8, 4) is 5.75 Å². The molecule has 144 valence electrons. The third-order valence-electron chi connectivity index (χ3n) is 7.07. The summed E-state index contributed by atoms with van der Waals surface area (Å²) in [5.74, 6) is 0.997. The minimum atomic E-state index is -0.382. The van der Waals surface area contributed by atoms with Crippen molar-refractivity contribution in [3.05, 3.63) is 29.3 Å². The summed E-state index contributed by atoms with van der Waals surface area (Å²) in [6, 6.07) is 5.48. The first kappa shape index (κ1) is 18.2. The van der Waals surface area contributed by atoms with Crippen LogP contribution in [-0.4, -0.2) is 23.8 Å². The lowest BCUT2D eigenvalue weighted by Gasteiger charge is -2.50. The Hall–Kier alpha value is -2.17. The second-order valence-corrected chi connectivity index (χ2v) is 8.57. The number of carbonyl (C=O) groups is 3. The quantitative estimate of drug-likeness (QED) is 0.580. The number of Topliss-reactive ketones (excluding diaryl/α,β-unsaturated/α-hetero) is 1. The molecule has 1 aromatic rings. The number of rotatable bonds is 2. The Labute approximate surface area is 159 Å². The summed E-state index contributed by atoms with van der Waals surface area (Å²) < 4.78 is 10.8. The lowest BCUT2D eigenvalue weighted by molar-refractivity contribution is -0.154. The molecule has 0 heterocycles. The van der Waals surface area contributed by atoms with Gasteiger partial charge < -0.3 is 9.47 Å². The normalized spacial score (nSPS) is 34.3. The molecule has 5 nitrogen and oxygen atoms in total. The average Bonchev–Trinajstić information content (AvgIpc) is 2.91. The number of carbonyl (C=O) groups excluding carboxylic acids is 3. The van der Waals surface area contributed by atoms with Crippen molar-refractivity contribution in [1.29, 1.82) is 0 Å². The maximum Gasteiger partial charge on any atom is 0.308 e. The van der Waals surface area contributed by atoms with Gasteiger partial charge in [0, 0.05) is 31.2 Å². The minimum absolute atomic E-state index is 0.0382. The molecule has 0 N–H and O–H groups in total. The molecule has 4 rings (SSSR count). The molecular formula is C22H26O5. The van der Waals surface area contributed by atoms with E-state index in [1.165, 1.54) is 13.8 Å². The fourth-order valence-corrected chi connectivity index (χ4v) is 5.96. The van der Waals surface area contributed by atoms with E-state index in [4.69, 9.17) is 9.47 Å². The lowest BCUT2D eigenvalue weighted by atomic mass is 9.55. The fraction of sp³-hybridized carbons (Fsp3) is 0.591. The van der Waals surface area contributed by atoms with Gasteiger partial charge in [-0.2, -0.15) is 0 Å². The van der Waals surface area contributed by atoms with E-state index >= 15 is 0 Å². The van der Waals surface area contributed by atoms with E-state index in [0.717, 1.165) is 31.2 Å². The van der Waals surface area contributed by atoms with Crippen LogP contribution < -0.4 is 4.74 Å². The molecule has 2 saturated carbocycles. The Morgan fingerprint density at radius 2 is 1.89 bits per heavy atom. The third-order valence-corrected chi connectivity index (χ3v) is 7.07. The number of ketones is 1. The molecule has 27 heavy (non-hydrogen) atoms. The van der Waals surface area contributed by atoms with Gasteiger partial charge in [0.05, 0.1) is 0 Å². The van der Waals surface area contributed by atoms with Crippen LogP contribution >= 0.6 is 0 Å². The van der Waals surface area contributed by atoms with Gasteiger partial charge in [0.2, 0.25) is 0 Å². The fourth-order valence-electron chi connectivity index (χ4n) is 5.96. The summed E-state index contributed by atoms with van der Waals surface area (Å²) in [6.07, 6.45) is 4.36. The summed E-state index contributed by atoms with van der Waals surface area (Å²) in [7, 11) is 0. The first-order valence-electron chi connectivity index (χ1n) is 9.82. The van der Waals surface area contributed by atoms with E-state index in [1.54, 1.807) is 12.1 Å². The first-order valence-corrected chi connectivity index (χ1v) is 9.82. The summed E-state index contributed by atoms with van der Waals surface area (Å²) in [5, 5.41) is 0. The monoisotopic (exact) mass is 370 g/mol. The number of ether oxygens (including phenoxy) is 2. The van der Waals surface area contributed by atoms with Gasteiger partial charge in [-0.15, -0.1) is 0 Å². The van der Waals surface area contributed by atoms with Crippen LogP contribution in [0, 0.1) is 17.3 Å². The molecule has 0 aliphatic heterocycles. The van der Waals surface area contributed by atoms with Crippen molar-refractivity contribution in [2.24, 2.45) is 17.3 Å². The van der Waals surface area contributed by atoms with Crippen LogP contribution in [0.15, 0.2) is 18.2 Å². The van der Waals surface area contributed by atoms with Gasteiger partial charge in [-0.25, -0.2) is 0 Å². The number of benzene rings is 1. The molecule has 3 aliphatic carbocycles. The number of hydrogen-bond donors (Lipinski definition) is 0. The van der Waals surface area contributed by atoms with Crippen molar-refractivity contribution in [1.82, 2.24) is 0 Å². The highest BCUT2D eigenvalue weighted by molar-refractivity contribution is 5.99. The standard InChI is InChI=1S/C22H26O5/c1-12(23)26-14-4-5-15-16-8-9-22(3)19(6-7-21(22)27-13(2)24)17(16)11-20(25)18(15)10-14/h4-5,10,16-17,19,21H,6-9,11H2,1-3H3/t16-,17-,19+,21+,22+/m1/s1. The number of esters is 2. The Balaban J connectivity index is 1.64. The van der Waals surface area contributed by atoms with Gasteiger partial charge in [0.15, 0.2) is 5.78 Å². The van der Waals surface area contributed by atoms with E-state index in [2.05, 4.69) is 6.92 Å². The van der Waals surface area contributed by atoms with Crippen molar-refractivity contribution in [2.75, 3.05) is 0 Å². The molecule has 0 saturated heterocycles. The van der Waals surface area contributed by atoms with Gasteiger partial charge in [0.1, 0.15) is 11.9 Å². The van der Waals surface area contributed by atoms with Gasteiger partial charge in [0.25, 0.3) is 0 Å². The average molecular weight is 370 g/mol. The van der Waals surface area contributed by atoms with Crippen LogP contribution in [0.4, 0.5) is 0 Å². The molecule has 0 bridgehead atoms. The van der Waals surface area contributed by atoms with Gasteiger partial charge in [-0.05, 0) is 61.1 Å². The largest absolute Gasteiger partial charge is 0.462 e. The smallest absolute Gasteiger partial charge is 0.308 e. The summed E-state index contributed by atoms with van der Waals surface area (Å²) >= 11 is 0. The van der Waals surface area contributed by atoms with Crippen LogP contribution in [0.25, 0.3) is 0 Å². The predicted molar refractivity (Wildman–Crippen MR) is 98.5 cm³/mol. The van der Waals surface area contributed by atoms with Crippen molar-refractivity contribution >= 4 is 17.7 Å². The zero-order chi connectivity index (χ0) is 19.3. The molecule has 0 spiro atoms. The van der Waals surface area contributed by atoms with E-state index in [9.17, 15) is 14.4 Å². The molecule has 0 aromatic heterocycles. The minimum Gasteiger partial charge on any atom is -0.462 e. The third kappa shape index (κ3) is 2.97. The molecule has 0 radical (unpaired) electrons. The SMILES string of the molecule is CC(=O)Oc1ccc2c(c1)C(=O)C[C@@H]1[C@@H]2CC[C@]2(C)[C@@H](OC(C)=O)CC[C@@H]12. The van der Waals surface area contributed by atoms with E-state index in [-0.39, 0.29) is 29.2 Å². The van der Waals surface area contributed by atoms with Crippen molar-refractivity contribution < 1.29 is 23.9 Å². The molecule has 1 aromatic carbocycles. The number of fused-ring (bicyclic) bond motifs is 5. The Morgan fingerprint density at radius 3 is 2.59 bits per heavy atom. The second-order valence-electron chi connectivity index (χ2n) is 8.57. The zero-order valence-corrected chi connectivity index (χ0v) is 16.1. The highest BCUT2D eigenvalue weighted by atomic mass is 16.5. The van der Waals surface area contributed by atoms with Crippen LogP contribution in [-0.2, 0) is 14.3 Å².